The van der Waals surface area contributed by atoms with Crippen molar-refractivity contribution in [1.29, 1.82) is 5.39 Å². The fourth-order valence-corrected chi connectivity index (χ4v) is 2.22. The summed E-state index contributed by atoms with van der Waals surface area (Å²) < 4.78 is 2.14. The molecular weight excluding hydrogens is 198 g/mol. The normalized spacial score (nSPS) is 10.8. The predicted octanol–water partition coefficient (Wildman–Crippen LogP) is 3.82. The third-order valence-corrected chi connectivity index (χ3v) is 3.01. The van der Waals surface area contributed by atoms with Crippen LogP contribution in [0.2, 0.25) is 0 Å². The third kappa shape index (κ3) is 1.04. The molecule has 0 atom stereocenters. The number of diazo groups is 1. The van der Waals surface area contributed by atoms with Gasteiger partial charge in [0.2, 0.25) is 5.39 Å². The summed E-state index contributed by atoms with van der Waals surface area (Å²) >= 11 is 0. The molecule has 3 aromatic rings. The Labute approximate surface area is 92.5 Å². The summed E-state index contributed by atoms with van der Waals surface area (Å²) in [6.07, 6.45) is 0. The quantitative estimate of drug-likeness (QED) is 0.517. The molecule has 0 spiro atoms. The number of hydrogen-bond acceptors (Lipinski definition) is 1. The molecule has 0 bridgehead atoms. The van der Waals surface area contributed by atoms with Crippen LogP contribution in [0.15, 0.2) is 42.5 Å². The first-order chi connectivity index (χ1) is 7.81. The molecule has 0 radical (unpaired) electrons. The van der Waals surface area contributed by atoms with Gasteiger partial charge in [0, 0.05) is 41.0 Å². The summed E-state index contributed by atoms with van der Waals surface area (Å²) in [4.78, 5) is 3.23. The van der Waals surface area contributed by atoms with E-state index in [4.69, 9.17) is 5.39 Å². The predicted molar refractivity (Wildman–Crippen MR) is 65.2 cm³/mol. The molecule has 1 aromatic heterocycles. The van der Waals surface area contributed by atoms with Crippen LogP contribution < -0.4 is 0 Å². The molecule has 0 aliphatic carbocycles. The number of benzene rings is 2. The Morgan fingerprint density at radius 1 is 1.00 bits per heavy atom. The number of hydrogen-bond donors (Lipinski definition) is 0. The second-order valence-corrected chi connectivity index (χ2v) is 3.88. The van der Waals surface area contributed by atoms with Gasteiger partial charge in [-0.1, -0.05) is 18.2 Å². The van der Waals surface area contributed by atoms with Crippen LogP contribution in [0, 0.1) is 5.39 Å². The number of fused-ring (bicyclic) bond motifs is 3. The molecule has 0 saturated heterocycles. The molecule has 76 valence electrons. The van der Waals surface area contributed by atoms with Gasteiger partial charge in [-0.3, -0.25) is 0 Å². The zero-order chi connectivity index (χ0) is 11.1. The molecule has 16 heavy (non-hydrogen) atoms. The Morgan fingerprint density at radius 3 is 2.56 bits per heavy atom. The van der Waals surface area contributed by atoms with Crippen LogP contribution in [0.3, 0.4) is 0 Å². The van der Waals surface area contributed by atoms with Gasteiger partial charge in [-0.2, -0.15) is 0 Å². The highest BCUT2D eigenvalue weighted by molar-refractivity contribution is 6.08. The lowest BCUT2D eigenvalue weighted by atomic mass is 10.1. The highest BCUT2D eigenvalue weighted by Gasteiger charge is 2.11. The van der Waals surface area contributed by atoms with E-state index in [1.807, 2.05) is 31.3 Å². The average Bonchev–Trinajstić information content (AvgIpc) is 2.64. The Morgan fingerprint density at radius 2 is 1.75 bits per heavy atom. The van der Waals surface area contributed by atoms with E-state index in [1.54, 1.807) is 6.07 Å². The van der Waals surface area contributed by atoms with E-state index in [-0.39, 0.29) is 0 Å². The third-order valence-electron chi connectivity index (χ3n) is 3.01. The largest absolute Gasteiger partial charge is 0.385 e. The smallest absolute Gasteiger partial charge is 0.344 e. The van der Waals surface area contributed by atoms with Crippen molar-refractivity contribution < 1.29 is 0 Å². The lowest BCUT2D eigenvalue weighted by Crippen LogP contribution is -1.85. The van der Waals surface area contributed by atoms with E-state index in [0.717, 1.165) is 10.9 Å². The van der Waals surface area contributed by atoms with Crippen LogP contribution in [0.25, 0.3) is 26.8 Å². The average molecular weight is 208 g/mol. The minimum absolute atomic E-state index is 0.587. The van der Waals surface area contributed by atoms with Crippen molar-refractivity contribution in [2.45, 2.75) is 0 Å². The van der Waals surface area contributed by atoms with Crippen molar-refractivity contribution in [2.75, 3.05) is 0 Å². The minimum Gasteiger partial charge on any atom is -0.344 e. The lowest BCUT2D eigenvalue weighted by Gasteiger charge is -1.95. The summed E-state index contributed by atoms with van der Waals surface area (Å²) in [6.45, 7) is 0. The summed E-state index contributed by atoms with van der Waals surface area (Å²) in [6, 6.07) is 13.9. The Kier molecular flexibility index (Phi) is 1.72. The van der Waals surface area contributed by atoms with Gasteiger partial charge in [-0.25, -0.2) is 0 Å². The van der Waals surface area contributed by atoms with Gasteiger partial charge in [-0.15, -0.1) is 0 Å². The van der Waals surface area contributed by atoms with E-state index < -0.39 is 0 Å². The molecule has 3 nitrogen and oxygen atoms in total. The zero-order valence-corrected chi connectivity index (χ0v) is 8.88. The van der Waals surface area contributed by atoms with Crippen molar-refractivity contribution in [3.63, 3.8) is 0 Å². The van der Waals surface area contributed by atoms with Crippen molar-refractivity contribution in [1.82, 2.24) is 4.57 Å². The molecule has 0 saturated carbocycles. The number of aryl methyl sites for hydroxylation is 1. The van der Waals surface area contributed by atoms with Gasteiger partial charge in [0.25, 0.3) is 0 Å². The molecule has 3 heteroatoms. The van der Waals surface area contributed by atoms with E-state index >= 15 is 0 Å². The van der Waals surface area contributed by atoms with Crippen LogP contribution in [0.1, 0.15) is 0 Å². The van der Waals surface area contributed by atoms with Gasteiger partial charge < -0.3 is 4.57 Å². The van der Waals surface area contributed by atoms with E-state index in [1.165, 1.54) is 10.9 Å². The first kappa shape index (κ1) is 8.93. The second-order valence-electron chi connectivity index (χ2n) is 3.88. The first-order valence-electron chi connectivity index (χ1n) is 5.13. The van der Waals surface area contributed by atoms with Gasteiger partial charge >= 0.3 is 5.69 Å². The SMILES string of the molecule is Cn1c2ccccc2c2cc([N+]#N)ccc21. The standard InChI is InChI=1S/C13H10N3/c1-16-12-5-3-2-4-10(12)11-8-9(15-14)6-7-13(11)16/h2-8H,1H3/q+1. The molecule has 1 heterocycles. The molecule has 2 aromatic carbocycles. The highest BCUT2D eigenvalue weighted by Crippen LogP contribution is 2.30. The minimum atomic E-state index is 0.587. The molecule has 0 amide bonds. The summed E-state index contributed by atoms with van der Waals surface area (Å²) in [5.74, 6) is 0. The van der Waals surface area contributed by atoms with Crippen molar-refractivity contribution in [2.24, 2.45) is 7.05 Å². The van der Waals surface area contributed by atoms with E-state index in [0.29, 0.717) is 5.69 Å². The summed E-state index contributed by atoms with van der Waals surface area (Å²) in [5, 5.41) is 11.1. The maximum atomic E-state index is 8.79. The molecule has 3 rings (SSSR count). The van der Waals surface area contributed by atoms with Crippen LogP contribution in [-0.2, 0) is 7.05 Å². The van der Waals surface area contributed by atoms with Gasteiger partial charge in [0.1, 0.15) is 0 Å². The number of aromatic nitrogens is 1. The Balaban J connectivity index is 2.58. The summed E-state index contributed by atoms with van der Waals surface area (Å²) in [7, 11) is 2.04. The van der Waals surface area contributed by atoms with Crippen LogP contribution in [0.5, 0.6) is 0 Å². The molecular formula is C13H10N3+. The Hall–Kier alpha value is -2.34. The Bertz CT molecular complexity index is 732. The maximum absolute atomic E-state index is 8.79. The second kappa shape index (κ2) is 3.07. The molecule has 0 aliphatic heterocycles. The first-order valence-corrected chi connectivity index (χ1v) is 5.13. The van der Waals surface area contributed by atoms with Crippen molar-refractivity contribution in [3.05, 3.63) is 47.4 Å². The highest BCUT2D eigenvalue weighted by atomic mass is 14.9. The van der Waals surface area contributed by atoms with Crippen LogP contribution >= 0.6 is 0 Å². The molecule has 0 aliphatic rings. The monoisotopic (exact) mass is 208 g/mol. The lowest BCUT2D eigenvalue weighted by molar-refractivity contribution is 1.01. The zero-order valence-electron chi connectivity index (χ0n) is 8.88. The summed E-state index contributed by atoms with van der Waals surface area (Å²) in [5.41, 5.74) is 2.92. The molecule has 0 fully saturated rings. The van der Waals surface area contributed by atoms with E-state index in [9.17, 15) is 0 Å². The van der Waals surface area contributed by atoms with Crippen LogP contribution in [0.4, 0.5) is 5.69 Å². The van der Waals surface area contributed by atoms with Crippen molar-refractivity contribution in [3.8, 4) is 0 Å². The molecule has 0 unspecified atom stereocenters. The fraction of sp³-hybridized carbons (Fsp3) is 0.0769. The van der Waals surface area contributed by atoms with Gasteiger partial charge in [0.15, 0.2) is 4.98 Å². The van der Waals surface area contributed by atoms with Gasteiger partial charge in [-0.05, 0) is 12.1 Å². The van der Waals surface area contributed by atoms with Gasteiger partial charge in [0.05, 0.1) is 0 Å². The van der Waals surface area contributed by atoms with Crippen molar-refractivity contribution >= 4 is 27.5 Å². The number of nitrogens with zero attached hydrogens (tertiary/aromatic N) is 3. The maximum Gasteiger partial charge on any atom is 0.385 e. The van der Waals surface area contributed by atoms with Crippen LogP contribution in [-0.4, -0.2) is 4.57 Å². The fourth-order valence-electron chi connectivity index (χ4n) is 2.22. The number of para-hydroxylation sites is 1. The van der Waals surface area contributed by atoms with E-state index in [2.05, 4.69) is 21.7 Å². The molecule has 0 N–H and O–H groups in total. The number of rotatable bonds is 0. The topological polar surface area (TPSA) is 33.1 Å².